The van der Waals surface area contributed by atoms with E-state index in [1.807, 2.05) is 44.2 Å². The van der Waals surface area contributed by atoms with Gasteiger partial charge in [-0.1, -0.05) is 44.2 Å². The number of nitrogens with one attached hydrogen (secondary N) is 1. The van der Waals surface area contributed by atoms with Gasteiger partial charge in [0, 0.05) is 23.2 Å². The lowest BCUT2D eigenvalue weighted by molar-refractivity contribution is 0.0522. The minimum Gasteiger partial charge on any atom is -0.444 e. The summed E-state index contributed by atoms with van der Waals surface area (Å²) in [6, 6.07) is 17.0. The molecule has 1 aromatic heterocycles. The lowest BCUT2D eigenvalue weighted by atomic mass is 9.95. The molecule has 2 aromatic carbocycles. The molecule has 0 atom stereocenters. The van der Waals surface area contributed by atoms with Crippen molar-refractivity contribution in [1.82, 2.24) is 9.88 Å². The van der Waals surface area contributed by atoms with E-state index in [4.69, 9.17) is 4.74 Å². The molecule has 3 aromatic rings. The second-order valence-electron chi connectivity index (χ2n) is 9.22. The van der Waals surface area contributed by atoms with Crippen LogP contribution in [0.4, 0.5) is 4.79 Å². The van der Waals surface area contributed by atoms with E-state index in [-0.39, 0.29) is 18.0 Å². The molecule has 166 valence electrons. The number of carbonyl (C=O) groups is 1. The largest absolute Gasteiger partial charge is 0.444 e. The molecule has 0 aliphatic heterocycles. The van der Waals surface area contributed by atoms with Crippen LogP contribution in [0, 0.1) is 17.2 Å². The van der Waals surface area contributed by atoms with Crippen LogP contribution < -0.4 is 10.9 Å². The van der Waals surface area contributed by atoms with Crippen LogP contribution in [0.15, 0.2) is 53.3 Å². The maximum atomic E-state index is 13.5. The molecule has 0 aliphatic carbocycles. The third kappa shape index (κ3) is 5.17. The Hall–Kier alpha value is -3.59. The van der Waals surface area contributed by atoms with Gasteiger partial charge in [0.25, 0.3) is 5.56 Å². The number of hydrogen-bond donors (Lipinski definition) is 1. The molecule has 3 rings (SSSR count). The van der Waals surface area contributed by atoms with Gasteiger partial charge in [-0.15, -0.1) is 0 Å². The Kier molecular flexibility index (Phi) is 6.69. The summed E-state index contributed by atoms with van der Waals surface area (Å²) in [5.41, 5.74) is 2.12. The highest BCUT2D eigenvalue weighted by molar-refractivity contribution is 5.98. The van der Waals surface area contributed by atoms with Crippen LogP contribution in [0.1, 0.15) is 45.9 Å². The zero-order chi connectivity index (χ0) is 23.5. The summed E-state index contributed by atoms with van der Waals surface area (Å²) in [7, 11) is 0. The molecule has 0 saturated heterocycles. The predicted octanol–water partition coefficient (Wildman–Crippen LogP) is 5.22. The summed E-state index contributed by atoms with van der Waals surface area (Å²) >= 11 is 0. The molecule has 0 unspecified atom stereocenters. The number of nitrogens with zero attached hydrogens (tertiary/aromatic N) is 2. The third-order valence-corrected chi connectivity index (χ3v) is 4.92. The van der Waals surface area contributed by atoms with E-state index in [0.29, 0.717) is 28.6 Å². The molecule has 1 heterocycles. The minimum absolute atomic E-state index is 0.119. The molecule has 0 aliphatic rings. The van der Waals surface area contributed by atoms with Gasteiger partial charge >= 0.3 is 6.09 Å². The number of fused-ring (bicyclic) bond motifs is 1. The first kappa shape index (κ1) is 23.1. The van der Waals surface area contributed by atoms with Crippen LogP contribution in [-0.2, 0) is 17.8 Å². The van der Waals surface area contributed by atoms with Gasteiger partial charge in [-0.3, -0.25) is 4.79 Å². The van der Waals surface area contributed by atoms with Crippen molar-refractivity contribution in [3.8, 4) is 17.2 Å². The van der Waals surface area contributed by atoms with Crippen molar-refractivity contribution in [2.75, 3.05) is 0 Å². The Morgan fingerprint density at radius 3 is 2.41 bits per heavy atom. The zero-order valence-electron chi connectivity index (χ0n) is 19.2. The van der Waals surface area contributed by atoms with Crippen LogP contribution in [0.3, 0.4) is 0 Å². The summed E-state index contributed by atoms with van der Waals surface area (Å²) in [6.45, 7) is 10.1. The molecule has 32 heavy (non-hydrogen) atoms. The smallest absolute Gasteiger partial charge is 0.407 e. The Morgan fingerprint density at radius 2 is 1.81 bits per heavy atom. The van der Waals surface area contributed by atoms with Gasteiger partial charge in [0.1, 0.15) is 5.60 Å². The Balaban J connectivity index is 2.28. The van der Waals surface area contributed by atoms with E-state index in [1.54, 1.807) is 43.5 Å². The number of pyridine rings is 1. The summed E-state index contributed by atoms with van der Waals surface area (Å²) in [5, 5.41) is 13.5. The van der Waals surface area contributed by atoms with E-state index in [0.717, 1.165) is 11.1 Å². The summed E-state index contributed by atoms with van der Waals surface area (Å²) in [4.78, 5) is 25.9. The van der Waals surface area contributed by atoms with E-state index in [1.165, 1.54) is 0 Å². The molecule has 1 amide bonds. The predicted molar refractivity (Wildman–Crippen MR) is 126 cm³/mol. The second-order valence-corrected chi connectivity index (χ2v) is 9.22. The number of rotatable bonds is 5. The fourth-order valence-electron chi connectivity index (χ4n) is 3.70. The molecule has 0 bridgehead atoms. The molecule has 0 fully saturated rings. The first-order chi connectivity index (χ1) is 15.1. The summed E-state index contributed by atoms with van der Waals surface area (Å²) in [6.07, 6.45) is -0.550. The normalized spacial score (nSPS) is 11.4. The van der Waals surface area contributed by atoms with Crippen molar-refractivity contribution in [2.45, 2.75) is 53.3 Å². The monoisotopic (exact) mass is 431 g/mol. The van der Waals surface area contributed by atoms with Gasteiger partial charge < -0.3 is 14.6 Å². The molecule has 0 saturated carbocycles. The number of hydrogen-bond acceptors (Lipinski definition) is 4. The van der Waals surface area contributed by atoms with Gasteiger partial charge in [-0.05, 0) is 55.8 Å². The SMILES string of the molecule is CC(C)Cn1c(CNC(=O)OC(C)(C)C)c(-c2ccccc2)c2cc(C#N)ccc2c1=O. The summed E-state index contributed by atoms with van der Waals surface area (Å²) in [5.74, 6) is 0.215. The number of amides is 1. The van der Waals surface area contributed by atoms with Crippen molar-refractivity contribution in [3.63, 3.8) is 0 Å². The van der Waals surface area contributed by atoms with Crippen LogP contribution in [-0.4, -0.2) is 16.3 Å². The molecular formula is C26H29N3O3. The zero-order valence-corrected chi connectivity index (χ0v) is 19.2. The van der Waals surface area contributed by atoms with Gasteiger partial charge in [0.05, 0.1) is 18.2 Å². The molecule has 1 N–H and O–H groups in total. The average molecular weight is 432 g/mol. The van der Waals surface area contributed by atoms with Gasteiger partial charge in [-0.2, -0.15) is 5.26 Å². The average Bonchev–Trinajstić information content (AvgIpc) is 2.73. The second kappa shape index (κ2) is 9.27. The number of benzene rings is 2. The Labute approximate surface area is 188 Å². The molecule has 6 nitrogen and oxygen atoms in total. The number of nitriles is 1. The quantitative estimate of drug-likeness (QED) is 0.600. The molecule has 0 radical (unpaired) electrons. The number of aromatic nitrogens is 1. The first-order valence-corrected chi connectivity index (χ1v) is 10.7. The third-order valence-electron chi connectivity index (χ3n) is 4.92. The van der Waals surface area contributed by atoms with Crippen LogP contribution >= 0.6 is 0 Å². The summed E-state index contributed by atoms with van der Waals surface area (Å²) < 4.78 is 7.13. The fourth-order valence-corrected chi connectivity index (χ4v) is 3.70. The van der Waals surface area contributed by atoms with Crippen molar-refractivity contribution in [1.29, 1.82) is 5.26 Å². The fraction of sp³-hybridized carbons (Fsp3) is 0.346. The van der Waals surface area contributed by atoms with Crippen molar-refractivity contribution < 1.29 is 9.53 Å². The Bertz CT molecular complexity index is 1230. The van der Waals surface area contributed by atoms with Crippen LogP contribution in [0.2, 0.25) is 0 Å². The molecule has 6 heteroatoms. The van der Waals surface area contributed by atoms with Crippen molar-refractivity contribution in [3.05, 3.63) is 70.1 Å². The van der Waals surface area contributed by atoms with Gasteiger partial charge in [-0.25, -0.2) is 4.79 Å². The standard InChI is InChI=1S/C26H29N3O3/c1-17(2)16-29-22(15-28-25(31)32-26(3,4)5)23(19-9-7-6-8-10-19)21-13-18(14-27)11-12-20(21)24(29)30/h6-13,17H,15-16H2,1-5H3,(H,28,31). The van der Waals surface area contributed by atoms with E-state index in [2.05, 4.69) is 11.4 Å². The van der Waals surface area contributed by atoms with Crippen LogP contribution in [0.5, 0.6) is 0 Å². The maximum absolute atomic E-state index is 13.5. The van der Waals surface area contributed by atoms with E-state index >= 15 is 0 Å². The number of carbonyl (C=O) groups excluding carboxylic acids is 1. The topological polar surface area (TPSA) is 84.1 Å². The Morgan fingerprint density at radius 1 is 1.12 bits per heavy atom. The minimum atomic E-state index is -0.630. The number of ether oxygens (including phenoxy) is 1. The lowest BCUT2D eigenvalue weighted by Crippen LogP contribution is -2.35. The first-order valence-electron chi connectivity index (χ1n) is 10.7. The highest BCUT2D eigenvalue weighted by atomic mass is 16.6. The van der Waals surface area contributed by atoms with Crippen molar-refractivity contribution in [2.24, 2.45) is 5.92 Å². The van der Waals surface area contributed by atoms with Gasteiger partial charge in [0.15, 0.2) is 0 Å². The van der Waals surface area contributed by atoms with Gasteiger partial charge in [0.2, 0.25) is 0 Å². The lowest BCUT2D eigenvalue weighted by Gasteiger charge is -2.23. The number of alkyl carbamates (subject to hydrolysis) is 1. The van der Waals surface area contributed by atoms with Crippen molar-refractivity contribution >= 4 is 16.9 Å². The molecule has 0 spiro atoms. The maximum Gasteiger partial charge on any atom is 0.407 e. The van der Waals surface area contributed by atoms with Crippen LogP contribution in [0.25, 0.3) is 21.9 Å². The highest BCUT2D eigenvalue weighted by Crippen LogP contribution is 2.32. The molecular weight excluding hydrogens is 402 g/mol. The highest BCUT2D eigenvalue weighted by Gasteiger charge is 2.21. The van der Waals surface area contributed by atoms with E-state index < -0.39 is 11.7 Å². The van der Waals surface area contributed by atoms with E-state index in [9.17, 15) is 14.9 Å².